The Kier molecular flexibility index (Phi) is 4.23. The van der Waals surface area contributed by atoms with E-state index < -0.39 is 11.5 Å². The van der Waals surface area contributed by atoms with Crippen molar-refractivity contribution in [2.24, 2.45) is 0 Å². The average molecular weight is 239 g/mol. The number of carbonyl (C=O) groups is 1. The predicted molar refractivity (Wildman–Crippen MR) is 64.0 cm³/mol. The van der Waals surface area contributed by atoms with Crippen LogP contribution < -0.4 is 5.32 Å². The predicted octanol–water partition coefficient (Wildman–Crippen LogP) is 1.64. The van der Waals surface area contributed by atoms with Crippen molar-refractivity contribution in [3.63, 3.8) is 0 Å². The molecule has 94 valence electrons. The molecule has 17 heavy (non-hydrogen) atoms. The van der Waals surface area contributed by atoms with E-state index in [1.165, 1.54) is 26.0 Å². The lowest BCUT2D eigenvalue weighted by Crippen LogP contribution is -2.46. The van der Waals surface area contributed by atoms with Crippen molar-refractivity contribution in [1.29, 1.82) is 0 Å². The molecule has 1 amide bonds. The van der Waals surface area contributed by atoms with E-state index in [1.807, 2.05) is 6.92 Å². The third-order valence-corrected chi connectivity index (χ3v) is 2.39. The second kappa shape index (κ2) is 5.27. The Labute approximate surface area is 101 Å². The van der Waals surface area contributed by atoms with E-state index in [0.717, 1.165) is 5.56 Å². The molecule has 0 spiro atoms. The molecular weight excluding hydrogens is 221 g/mol. The van der Waals surface area contributed by atoms with Gasteiger partial charge in [0.05, 0.1) is 0 Å². The monoisotopic (exact) mass is 239 g/mol. The molecule has 1 aromatic rings. The van der Waals surface area contributed by atoms with Gasteiger partial charge in [0.1, 0.15) is 11.4 Å². The molecule has 0 radical (unpaired) electrons. The highest BCUT2D eigenvalue weighted by molar-refractivity contribution is 5.84. The summed E-state index contributed by atoms with van der Waals surface area (Å²) in [7, 11) is 0. The van der Waals surface area contributed by atoms with E-state index in [-0.39, 0.29) is 11.9 Å². The molecule has 1 aromatic carbocycles. The number of aliphatic hydroxyl groups is 1. The van der Waals surface area contributed by atoms with Crippen LogP contribution in [0.1, 0.15) is 26.3 Å². The van der Waals surface area contributed by atoms with E-state index in [0.29, 0.717) is 6.42 Å². The molecule has 0 aliphatic carbocycles. The fourth-order valence-electron chi connectivity index (χ4n) is 1.43. The molecule has 0 bridgehead atoms. The first kappa shape index (κ1) is 13.6. The molecule has 2 N–H and O–H groups in total. The van der Waals surface area contributed by atoms with Crippen molar-refractivity contribution in [3.05, 3.63) is 35.6 Å². The largest absolute Gasteiger partial charge is 0.381 e. The summed E-state index contributed by atoms with van der Waals surface area (Å²) in [6.07, 6.45) is 0.599. The average Bonchev–Trinajstić information content (AvgIpc) is 2.20. The van der Waals surface area contributed by atoms with Gasteiger partial charge in [0.25, 0.3) is 5.91 Å². The minimum absolute atomic E-state index is 0.112. The Hall–Kier alpha value is -1.42. The molecule has 0 fully saturated rings. The summed E-state index contributed by atoms with van der Waals surface area (Å²) in [4.78, 5) is 11.5. The van der Waals surface area contributed by atoms with Crippen molar-refractivity contribution in [2.45, 2.75) is 38.8 Å². The fraction of sp³-hybridized carbons (Fsp3) is 0.462. The molecule has 0 aromatic heterocycles. The normalized spacial score (nSPS) is 13.2. The van der Waals surface area contributed by atoms with Gasteiger partial charge in [-0.15, -0.1) is 0 Å². The number of benzene rings is 1. The third-order valence-electron chi connectivity index (χ3n) is 2.39. The Morgan fingerprint density at radius 2 is 1.94 bits per heavy atom. The number of carbonyl (C=O) groups excluding carboxylic acids is 1. The van der Waals surface area contributed by atoms with Gasteiger partial charge < -0.3 is 10.4 Å². The second-order valence-corrected chi connectivity index (χ2v) is 4.76. The number of rotatable bonds is 4. The van der Waals surface area contributed by atoms with E-state index in [9.17, 15) is 14.3 Å². The van der Waals surface area contributed by atoms with Gasteiger partial charge in [0.2, 0.25) is 0 Å². The summed E-state index contributed by atoms with van der Waals surface area (Å²) >= 11 is 0. The highest BCUT2D eigenvalue weighted by atomic mass is 19.1. The smallest absolute Gasteiger partial charge is 0.251 e. The van der Waals surface area contributed by atoms with Crippen molar-refractivity contribution in [3.8, 4) is 0 Å². The van der Waals surface area contributed by atoms with Crippen LogP contribution in [0.25, 0.3) is 0 Å². The van der Waals surface area contributed by atoms with Crippen molar-refractivity contribution < 1.29 is 14.3 Å². The lowest BCUT2D eigenvalue weighted by molar-refractivity contribution is -0.137. The number of hydrogen-bond acceptors (Lipinski definition) is 2. The highest BCUT2D eigenvalue weighted by Crippen LogP contribution is 2.07. The van der Waals surface area contributed by atoms with Crippen LogP contribution in [0.5, 0.6) is 0 Å². The minimum atomic E-state index is -1.38. The Morgan fingerprint density at radius 3 is 2.41 bits per heavy atom. The molecule has 1 unspecified atom stereocenters. The van der Waals surface area contributed by atoms with E-state index in [2.05, 4.69) is 5.32 Å². The topological polar surface area (TPSA) is 49.3 Å². The summed E-state index contributed by atoms with van der Waals surface area (Å²) in [5.74, 6) is -0.686. The van der Waals surface area contributed by atoms with Gasteiger partial charge in [-0.2, -0.15) is 0 Å². The Morgan fingerprint density at radius 1 is 1.41 bits per heavy atom. The molecule has 0 aliphatic rings. The highest BCUT2D eigenvalue weighted by Gasteiger charge is 2.24. The number of nitrogens with one attached hydrogen (secondary N) is 1. The van der Waals surface area contributed by atoms with Crippen molar-refractivity contribution in [2.75, 3.05) is 0 Å². The summed E-state index contributed by atoms with van der Waals surface area (Å²) in [6.45, 7) is 4.72. The minimum Gasteiger partial charge on any atom is -0.381 e. The molecular formula is C13H18FNO2. The maximum atomic E-state index is 12.7. The maximum Gasteiger partial charge on any atom is 0.251 e. The fourth-order valence-corrected chi connectivity index (χ4v) is 1.43. The summed E-state index contributed by atoms with van der Waals surface area (Å²) < 4.78 is 12.7. The van der Waals surface area contributed by atoms with Gasteiger partial charge in [-0.1, -0.05) is 12.1 Å². The van der Waals surface area contributed by atoms with Gasteiger partial charge in [-0.05, 0) is 44.9 Å². The Bertz CT molecular complexity index is 381. The standard InChI is InChI=1S/C13H18FNO2/c1-9(15-12(16)13(2,3)17)8-10-4-6-11(14)7-5-10/h4-7,9,17H,8H2,1-3H3,(H,15,16). The first-order valence-corrected chi connectivity index (χ1v) is 5.57. The van der Waals surface area contributed by atoms with Gasteiger partial charge in [0, 0.05) is 6.04 Å². The number of amides is 1. The first-order chi connectivity index (χ1) is 7.79. The van der Waals surface area contributed by atoms with Crippen LogP contribution in [0.2, 0.25) is 0 Å². The van der Waals surface area contributed by atoms with E-state index in [1.54, 1.807) is 12.1 Å². The van der Waals surface area contributed by atoms with E-state index >= 15 is 0 Å². The third kappa shape index (κ3) is 4.53. The van der Waals surface area contributed by atoms with Crippen LogP contribution in [-0.2, 0) is 11.2 Å². The van der Waals surface area contributed by atoms with Crippen LogP contribution in [0.3, 0.4) is 0 Å². The van der Waals surface area contributed by atoms with Crippen LogP contribution in [0, 0.1) is 5.82 Å². The number of hydrogen-bond donors (Lipinski definition) is 2. The van der Waals surface area contributed by atoms with Crippen LogP contribution in [-0.4, -0.2) is 22.7 Å². The zero-order valence-electron chi connectivity index (χ0n) is 10.3. The van der Waals surface area contributed by atoms with Gasteiger partial charge in [-0.3, -0.25) is 4.79 Å². The van der Waals surface area contributed by atoms with Crippen LogP contribution in [0.4, 0.5) is 4.39 Å². The molecule has 0 aliphatic heterocycles. The number of halogens is 1. The van der Waals surface area contributed by atoms with Gasteiger partial charge in [-0.25, -0.2) is 4.39 Å². The van der Waals surface area contributed by atoms with Gasteiger partial charge >= 0.3 is 0 Å². The molecule has 1 rings (SSSR count). The molecule has 3 nitrogen and oxygen atoms in total. The quantitative estimate of drug-likeness (QED) is 0.839. The summed E-state index contributed by atoms with van der Waals surface area (Å²) in [5.41, 5.74) is -0.438. The van der Waals surface area contributed by atoms with E-state index in [4.69, 9.17) is 0 Å². The molecule has 0 saturated carbocycles. The summed E-state index contributed by atoms with van der Waals surface area (Å²) in [6, 6.07) is 6.03. The second-order valence-electron chi connectivity index (χ2n) is 4.76. The van der Waals surface area contributed by atoms with Crippen molar-refractivity contribution >= 4 is 5.91 Å². The van der Waals surface area contributed by atoms with Gasteiger partial charge in [0.15, 0.2) is 0 Å². The molecule has 0 saturated heterocycles. The lowest BCUT2D eigenvalue weighted by Gasteiger charge is -2.21. The molecule has 0 heterocycles. The zero-order valence-corrected chi connectivity index (χ0v) is 10.3. The van der Waals surface area contributed by atoms with Crippen molar-refractivity contribution in [1.82, 2.24) is 5.32 Å². The SMILES string of the molecule is CC(Cc1ccc(F)cc1)NC(=O)C(C)(C)O. The molecule has 4 heteroatoms. The Balaban J connectivity index is 2.53. The zero-order chi connectivity index (χ0) is 13.1. The van der Waals surface area contributed by atoms with Crippen LogP contribution >= 0.6 is 0 Å². The first-order valence-electron chi connectivity index (χ1n) is 5.57. The molecule has 1 atom stereocenters. The summed E-state index contributed by atoms with van der Waals surface area (Å²) in [5, 5.41) is 12.2. The maximum absolute atomic E-state index is 12.7. The lowest BCUT2D eigenvalue weighted by atomic mass is 10.0. The van der Waals surface area contributed by atoms with Crippen LogP contribution in [0.15, 0.2) is 24.3 Å².